The van der Waals surface area contributed by atoms with E-state index in [1.165, 1.54) is 12.1 Å². The summed E-state index contributed by atoms with van der Waals surface area (Å²) in [6, 6.07) is 8.74. The molecule has 0 amide bonds. The number of hydrogen-bond acceptors (Lipinski definition) is 5. The molecule has 38 heavy (non-hydrogen) atoms. The van der Waals surface area contributed by atoms with E-state index in [-0.39, 0.29) is 11.9 Å². The second-order valence-electron chi connectivity index (χ2n) is 9.46. The van der Waals surface area contributed by atoms with Crippen molar-refractivity contribution < 1.29 is 4.39 Å². The molecule has 0 radical (unpaired) electrons. The molecule has 1 fully saturated rings. The molecule has 0 bridgehead atoms. The second kappa shape index (κ2) is 10.4. The van der Waals surface area contributed by atoms with Crippen LogP contribution in [0.15, 0.2) is 67.5 Å². The van der Waals surface area contributed by atoms with Crippen molar-refractivity contribution in [3.63, 3.8) is 0 Å². The van der Waals surface area contributed by atoms with Crippen LogP contribution in [-0.4, -0.2) is 44.3 Å². The summed E-state index contributed by atoms with van der Waals surface area (Å²) >= 11 is 0. The van der Waals surface area contributed by atoms with Gasteiger partial charge in [0.05, 0.1) is 29.1 Å². The van der Waals surface area contributed by atoms with Gasteiger partial charge in [-0.05, 0) is 54.8 Å². The summed E-state index contributed by atoms with van der Waals surface area (Å²) in [5.41, 5.74) is 12.7. The number of aromatic amines is 2. The van der Waals surface area contributed by atoms with Crippen LogP contribution in [0.25, 0.3) is 35.2 Å². The van der Waals surface area contributed by atoms with E-state index in [0.717, 1.165) is 68.8 Å². The van der Waals surface area contributed by atoms with Gasteiger partial charge in [0.1, 0.15) is 17.3 Å². The maximum absolute atomic E-state index is 13.9. The van der Waals surface area contributed by atoms with E-state index in [0.29, 0.717) is 5.69 Å². The fourth-order valence-electron chi connectivity index (χ4n) is 4.51. The van der Waals surface area contributed by atoms with Gasteiger partial charge in [0.15, 0.2) is 0 Å². The molecule has 0 aliphatic carbocycles. The highest BCUT2D eigenvalue weighted by Gasteiger charge is 2.24. The average Bonchev–Trinajstić information content (AvgIpc) is 3.45. The van der Waals surface area contributed by atoms with Crippen LogP contribution in [0.1, 0.15) is 29.4 Å². The number of benzene rings is 1. The van der Waals surface area contributed by atoms with Crippen molar-refractivity contribution in [3.05, 3.63) is 106 Å². The molecule has 4 N–H and O–H groups in total. The molecular formula is C30H30FN7. The minimum Gasteiger partial charge on any atom is -0.357 e. The molecular weight excluding hydrogens is 477 g/mol. The predicted molar refractivity (Wildman–Crippen MR) is 152 cm³/mol. The molecule has 3 aromatic heterocycles. The number of hydrogen-bond donors (Lipinski definition) is 3. The first kappa shape index (κ1) is 25.1. The van der Waals surface area contributed by atoms with E-state index >= 15 is 0 Å². The number of halogens is 1. The number of nitrogens with zero attached hydrogens (tertiary/aromatic N) is 4. The Morgan fingerprint density at radius 3 is 2.76 bits per heavy atom. The maximum atomic E-state index is 13.9. The molecule has 192 valence electrons. The van der Waals surface area contributed by atoms with Crippen LogP contribution < -0.4 is 21.2 Å². The molecule has 7 nitrogen and oxygen atoms in total. The Kier molecular flexibility index (Phi) is 6.89. The number of H-pyrrole nitrogens is 2. The fraction of sp³-hybridized carbons (Fsp3) is 0.167. The maximum Gasteiger partial charge on any atom is 0.147 e. The SMILES string of the molecule is C=C/C=C(/c1cccc(F)c1)c1cc(-c2n[nH]/c(=C/C=C(\C)c3cncc(N4CC(N)C4)n3)c2=C)[nH]c1C. The summed E-state index contributed by atoms with van der Waals surface area (Å²) in [4.78, 5) is 14.6. The molecule has 1 saturated heterocycles. The summed E-state index contributed by atoms with van der Waals surface area (Å²) in [6.45, 7) is 13.7. The topological polar surface area (TPSA) is 99.5 Å². The Morgan fingerprint density at radius 1 is 1.21 bits per heavy atom. The quantitative estimate of drug-likeness (QED) is 0.331. The van der Waals surface area contributed by atoms with E-state index in [2.05, 4.69) is 38.2 Å². The van der Waals surface area contributed by atoms with Gasteiger partial charge < -0.3 is 15.6 Å². The van der Waals surface area contributed by atoms with Gasteiger partial charge in [-0.25, -0.2) is 9.37 Å². The summed E-state index contributed by atoms with van der Waals surface area (Å²) in [5.74, 6) is 0.545. The van der Waals surface area contributed by atoms with Gasteiger partial charge in [-0.15, -0.1) is 0 Å². The zero-order valence-corrected chi connectivity index (χ0v) is 21.5. The lowest BCUT2D eigenvalue weighted by Gasteiger charge is -2.37. The molecule has 1 aliphatic heterocycles. The lowest BCUT2D eigenvalue weighted by molar-refractivity contribution is 0.513. The third-order valence-corrected chi connectivity index (χ3v) is 6.64. The van der Waals surface area contributed by atoms with Gasteiger partial charge in [0.2, 0.25) is 0 Å². The molecule has 8 heteroatoms. The molecule has 1 aliphatic rings. The second-order valence-corrected chi connectivity index (χ2v) is 9.46. The Bertz CT molecular complexity index is 1670. The van der Waals surface area contributed by atoms with Crippen LogP contribution in [0.5, 0.6) is 0 Å². The minimum absolute atomic E-state index is 0.195. The number of nitrogens with one attached hydrogen (secondary N) is 2. The van der Waals surface area contributed by atoms with Crippen LogP contribution in [0.2, 0.25) is 0 Å². The Balaban J connectivity index is 1.44. The standard InChI is InChI=1S/C30H30FN7/c1-5-7-24(21-8-6-9-22(31)12-21)25-13-27(34-20(25)4)30-19(3)26(36-37-30)11-10-18(2)28-14-33-15-29(35-28)38-16-23(32)17-38/h5-15,23,34,36H,1,3,16-17,32H2,2,4H3/b18-10+,24-7-,26-11+. The van der Waals surface area contributed by atoms with Crippen LogP contribution >= 0.6 is 0 Å². The third kappa shape index (κ3) is 4.99. The van der Waals surface area contributed by atoms with Gasteiger partial charge in [-0.1, -0.05) is 43.5 Å². The number of nitrogens with two attached hydrogens (primary N) is 1. The lowest BCUT2D eigenvalue weighted by atomic mass is 9.97. The summed E-state index contributed by atoms with van der Waals surface area (Å²) in [7, 11) is 0. The fourth-order valence-corrected chi connectivity index (χ4v) is 4.51. The molecule has 1 aromatic carbocycles. The van der Waals surface area contributed by atoms with E-state index in [9.17, 15) is 4.39 Å². The number of aromatic nitrogens is 5. The number of anilines is 1. The molecule has 0 spiro atoms. The zero-order chi connectivity index (χ0) is 26.8. The third-order valence-electron chi connectivity index (χ3n) is 6.64. The van der Waals surface area contributed by atoms with Crippen molar-refractivity contribution in [3.8, 4) is 11.4 Å². The molecule has 4 heterocycles. The first-order valence-electron chi connectivity index (χ1n) is 12.4. The van der Waals surface area contributed by atoms with Crippen molar-refractivity contribution in [1.82, 2.24) is 25.1 Å². The molecule has 5 rings (SSSR count). The molecule has 0 saturated carbocycles. The largest absolute Gasteiger partial charge is 0.357 e. The summed E-state index contributed by atoms with van der Waals surface area (Å²) in [6.07, 6.45) is 11.0. The highest BCUT2D eigenvalue weighted by molar-refractivity contribution is 5.84. The van der Waals surface area contributed by atoms with E-state index in [4.69, 9.17) is 10.7 Å². The molecule has 0 unspecified atom stereocenters. The average molecular weight is 508 g/mol. The van der Waals surface area contributed by atoms with Gasteiger partial charge in [-0.3, -0.25) is 10.1 Å². The highest BCUT2D eigenvalue weighted by Crippen LogP contribution is 2.29. The van der Waals surface area contributed by atoms with Crippen molar-refractivity contribution in [2.75, 3.05) is 18.0 Å². The highest BCUT2D eigenvalue weighted by atomic mass is 19.1. The van der Waals surface area contributed by atoms with Crippen molar-refractivity contribution >= 4 is 29.6 Å². The van der Waals surface area contributed by atoms with Gasteiger partial charge in [-0.2, -0.15) is 5.10 Å². The molecule has 0 atom stereocenters. The number of allylic oxidation sites excluding steroid dienone is 4. The molecule has 4 aromatic rings. The lowest BCUT2D eigenvalue weighted by Crippen LogP contribution is -2.56. The van der Waals surface area contributed by atoms with Crippen molar-refractivity contribution in [2.45, 2.75) is 19.9 Å². The Morgan fingerprint density at radius 2 is 2.03 bits per heavy atom. The van der Waals surface area contributed by atoms with Gasteiger partial charge in [0, 0.05) is 35.6 Å². The van der Waals surface area contributed by atoms with Crippen LogP contribution in [0, 0.1) is 12.7 Å². The van der Waals surface area contributed by atoms with Crippen molar-refractivity contribution in [2.24, 2.45) is 5.73 Å². The monoisotopic (exact) mass is 507 g/mol. The minimum atomic E-state index is -0.288. The Hall–Kier alpha value is -4.56. The number of aryl methyl sites for hydroxylation is 1. The smallest absolute Gasteiger partial charge is 0.147 e. The first-order valence-corrected chi connectivity index (χ1v) is 12.4. The first-order chi connectivity index (χ1) is 18.3. The van der Waals surface area contributed by atoms with Crippen LogP contribution in [-0.2, 0) is 0 Å². The van der Waals surface area contributed by atoms with Gasteiger partial charge in [0.25, 0.3) is 0 Å². The van der Waals surface area contributed by atoms with E-state index in [1.54, 1.807) is 24.5 Å². The summed E-state index contributed by atoms with van der Waals surface area (Å²) in [5, 5.41) is 9.15. The van der Waals surface area contributed by atoms with E-state index < -0.39 is 0 Å². The van der Waals surface area contributed by atoms with Crippen LogP contribution in [0.3, 0.4) is 0 Å². The van der Waals surface area contributed by atoms with Crippen LogP contribution in [0.4, 0.5) is 10.2 Å². The summed E-state index contributed by atoms with van der Waals surface area (Å²) < 4.78 is 13.9. The normalized spacial score (nSPS) is 15.2. The van der Waals surface area contributed by atoms with Crippen molar-refractivity contribution in [1.29, 1.82) is 0 Å². The number of rotatable bonds is 7. The van der Waals surface area contributed by atoms with Gasteiger partial charge >= 0.3 is 0 Å². The van der Waals surface area contributed by atoms with E-state index in [1.807, 2.05) is 44.2 Å². The zero-order valence-electron chi connectivity index (χ0n) is 21.5. The Labute approximate surface area is 220 Å². The predicted octanol–water partition coefficient (Wildman–Crippen LogP) is 3.70.